The molecule has 20 heteroatoms. The molecule has 0 aliphatic carbocycles. The number of Topliss-reactive ketones (excluding diaryl/α,β-unsaturated/α-hetero) is 2. The first-order chi connectivity index (χ1) is 28.5. The minimum absolute atomic E-state index is 0.00840. The standard InChI is InChI=1S/C40H28Cl6N8O6/c1-19(55)35(53-51-33-15-21(3-11-27(33)43)37(57)49-31-13-5-23(41)17-29(31)45)39(59)47-25-7-9-26(10-8-25)48-40(60)36(20(2)56)54-52-34-16-22(4-12-28(34)44)38(58)50-32-14-6-24(42)18-30(32)46/h3-18,35-36H,1-2H3,(H,47,59)(H,48,60)(H,49,57)(H,50,58). The number of azo groups is 2. The van der Waals surface area contributed by atoms with E-state index in [0.717, 1.165) is 13.8 Å². The molecule has 0 aliphatic rings. The van der Waals surface area contributed by atoms with Crippen molar-refractivity contribution in [2.24, 2.45) is 20.5 Å². The average molecular weight is 929 g/mol. The smallest absolute Gasteiger partial charge is 0.258 e. The molecule has 0 saturated heterocycles. The first-order valence-corrected chi connectivity index (χ1v) is 19.4. The Kier molecular flexibility index (Phi) is 15.5. The fourth-order valence-corrected chi connectivity index (χ4v) is 6.19. The molecular formula is C40H28Cl6N8O6. The van der Waals surface area contributed by atoms with Gasteiger partial charge in [0.15, 0.2) is 11.6 Å². The second-order valence-electron chi connectivity index (χ2n) is 12.5. The van der Waals surface area contributed by atoms with E-state index in [9.17, 15) is 28.8 Å². The zero-order valence-electron chi connectivity index (χ0n) is 30.9. The van der Waals surface area contributed by atoms with Gasteiger partial charge in [-0.15, -0.1) is 0 Å². The second-order valence-corrected chi connectivity index (χ2v) is 15.0. The summed E-state index contributed by atoms with van der Waals surface area (Å²) in [5, 5.41) is 27.6. The van der Waals surface area contributed by atoms with Crippen LogP contribution in [-0.4, -0.2) is 47.3 Å². The van der Waals surface area contributed by atoms with E-state index < -0.39 is 47.3 Å². The molecule has 0 aromatic heterocycles. The maximum absolute atomic E-state index is 13.1. The zero-order chi connectivity index (χ0) is 43.7. The first-order valence-electron chi connectivity index (χ1n) is 17.2. The summed E-state index contributed by atoms with van der Waals surface area (Å²) < 4.78 is 0. The summed E-state index contributed by atoms with van der Waals surface area (Å²) in [5.74, 6) is -4.07. The number of nitrogens with zero attached hydrogens (tertiary/aromatic N) is 4. The average Bonchev–Trinajstić information content (AvgIpc) is 3.18. The van der Waals surface area contributed by atoms with Crippen molar-refractivity contribution in [2.45, 2.75) is 25.9 Å². The molecule has 0 spiro atoms. The lowest BCUT2D eigenvalue weighted by molar-refractivity contribution is -0.127. The van der Waals surface area contributed by atoms with Crippen LogP contribution < -0.4 is 21.3 Å². The summed E-state index contributed by atoms with van der Waals surface area (Å²) in [6, 6.07) is 19.9. The number of benzene rings is 5. The van der Waals surface area contributed by atoms with Crippen LogP contribution in [0.25, 0.3) is 0 Å². The number of hydrogen-bond acceptors (Lipinski definition) is 10. The summed E-state index contributed by atoms with van der Waals surface area (Å²) in [4.78, 5) is 76.9. The molecule has 0 heterocycles. The topological polar surface area (TPSA) is 200 Å². The van der Waals surface area contributed by atoms with E-state index in [1.54, 1.807) is 12.1 Å². The van der Waals surface area contributed by atoms with Gasteiger partial charge in [0.25, 0.3) is 23.6 Å². The van der Waals surface area contributed by atoms with Gasteiger partial charge in [0, 0.05) is 32.5 Å². The normalized spacial score (nSPS) is 12.1. The molecule has 5 aromatic rings. The van der Waals surface area contributed by atoms with Crippen molar-refractivity contribution in [3.8, 4) is 0 Å². The highest BCUT2D eigenvalue weighted by atomic mass is 35.5. The molecule has 0 radical (unpaired) electrons. The van der Waals surface area contributed by atoms with Crippen molar-refractivity contribution in [2.75, 3.05) is 21.3 Å². The fourth-order valence-electron chi connectivity index (χ4n) is 4.97. The van der Waals surface area contributed by atoms with Crippen molar-refractivity contribution >= 4 is 139 Å². The van der Waals surface area contributed by atoms with E-state index in [1.165, 1.54) is 84.9 Å². The molecular weight excluding hydrogens is 901 g/mol. The Morgan fingerprint density at radius 2 is 0.817 bits per heavy atom. The monoisotopic (exact) mass is 926 g/mol. The first kappa shape index (κ1) is 45.3. The number of rotatable bonds is 14. The number of carbonyl (C=O) groups excluding carboxylic acids is 6. The van der Waals surface area contributed by atoms with Crippen LogP contribution in [0.5, 0.6) is 0 Å². The predicted octanol–water partition coefficient (Wildman–Crippen LogP) is 11.5. The molecule has 14 nitrogen and oxygen atoms in total. The Bertz CT molecular complexity index is 2410. The lowest BCUT2D eigenvalue weighted by atomic mass is 10.1. The number of ketones is 2. The third-order valence-electron chi connectivity index (χ3n) is 8.02. The van der Waals surface area contributed by atoms with Gasteiger partial charge in [-0.2, -0.15) is 20.5 Å². The number of halogens is 6. The molecule has 306 valence electrons. The van der Waals surface area contributed by atoms with Crippen molar-refractivity contribution in [1.82, 2.24) is 0 Å². The molecule has 2 unspecified atom stereocenters. The van der Waals surface area contributed by atoms with Crippen LogP contribution >= 0.6 is 69.6 Å². The van der Waals surface area contributed by atoms with Gasteiger partial charge in [-0.25, -0.2) is 0 Å². The maximum atomic E-state index is 13.1. The van der Waals surface area contributed by atoms with Crippen LogP contribution in [-0.2, 0) is 19.2 Å². The van der Waals surface area contributed by atoms with Crippen LogP contribution in [0, 0.1) is 0 Å². The van der Waals surface area contributed by atoms with Gasteiger partial charge in [-0.05, 0) is 111 Å². The molecule has 4 N–H and O–H groups in total. The van der Waals surface area contributed by atoms with Crippen LogP contribution in [0.15, 0.2) is 118 Å². The van der Waals surface area contributed by atoms with E-state index in [4.69, 9.17) is 69.6 Å². The van der Waals surface area contributed by atoms with E-state index in [0.29, 0.717) is 21.4 Å². The Morgan fingerprint density at radius 3 is 1.15 bits per heavy atom. The lowest BCUT2D eigenvalue weighted by Gasteiger charge is -2.12. The third-order valence-corrected chi connectivity index (χ3v) is 9.76. The van der Waals surface area contributed by atoms with Crippen LogP contribution in [0.2, 0.25) is 30.1 Å². The van der Waals surface area contributed by atoms with Crippen molar-refractivity contribution in [3.63, 3.8) is 0 Å². The Hall–Kier alpha value is -5.74. The van der Waals surface area contributed by atoms with E-state index in [1.807, 2.05) is 0 Å². The Morgan fingerprint density at radius 1 is 0.450 bits per heavy atom. The SMILES string of the molecule is CC(=O)C(N=Nc1cc(C(=O)Nc2ccc(Cl)cc2Cl)ccc1Cl)C(=O)Nc1ccc(NC(=O)C(N=Nc2cc(C(=O)Nc3ccc(Cl)cc3Cl)ccc2Cl)C(C)=O)cc1. The predicted molar refractivity (Wildman–Crippen MR) is 233 cm³/mol. The lowest BCUT2D eigenvalue weighted by Crippen LogP contribution is -2.32. The van der Waals surface area contributed by atoms with Gasteiger partial charge in [-0.3, -0.25) is 28.8 Å². The molecule has 0 aliphatic heterocycles. The van der Waals surface area contributed by atoms with Crippen molar-refractivity contribution < 1.29 is 28.8 Å². The van der Waals surface area contributed by atoms with Gasteiger partial charge in [0.1, 0.15) is 11.4 Å². The number of carbonyl (C=O) groups is 6. The number of anilines is 4. The molecule has 4 amide bonds. The highest BCUT2D eigenvalue weighted by Crippen LogP contribution is 2.31. The van der Waals surface area contributed by atoms with Gasteiger partial charge >= 0.3 is 0 Å². The minimum atomic E-state index is -1.60. The molecule has 0 saturated carbocycles. The van der Waals surface area contributed by atoms with Crippen LogP contribution in [0.4, 0.5) is 34.1 Å². The van der Waals surface area contributed by atoms with Crippen molar-refractivity contribution in [3.05, 3.63) is 138 Å². The molecule has 2 atom stereocenters. The summed E-state index contributed by atoms with van der Waals surface area (Å²) in [5.41, 5.74) is 1.34. The summed E-state index contributed by atoms with van der Waals surface area (Å²) >= 11 is 36.7. The van der Waals surface area contributed by atoms with Gasteiger partial charge in [-0.1, -0.05) is 69.6 Å². The minimum Gasteiger partial charge on any atom is -0.324 e. The summed E-state index contributed by atoms with van der Waals surface area (Å²) in [7, 11) is 0. The summed E-state index contributed by atoms with van der Waals surface area (Å²) in [6.07, 6.45) is 0. The summed E-state index contributed by atoms with van der Waals surface area (Å²) in [6.45, 7) is 2.29. The number of amides is 4. The van der Waals surface area contributed by atoms with Gasteiger partial charge in [0.05, 0.1) is 31.5 Å². The van der Waals surface area contributed by atoms with E-state index >= 15 is 0 Å². The molecule has 60 heavy (non-hydrogen) atoms. The zero-order valence-corrected chi connectivity index (χ0v) is 35.4. The molecule has 5 rings (SSSR count). The van der Waals surface area contributed by atoms with Gasteiger partial charge < -0.3 is 21.3 Å². The quantitative estimate of drug-likeness (QED) is 0.0630. The van der Waals surface area contributed by atoms with E-state index in [2.05, 4.69) is 41.7 Å². The number of nitrogens with one attached hydrogen (secondary N) is 4. The van der Waals surface area contributed by atoms with E-state index in [-0.39, 0.29) is 54.0 Å². The highest BCUT2D eigenvalue weighted by molar-refractivity contribution is 6.38. The fraction of sp³-hybridized carbons (Fsp3) is 0.100. The number of hydrogen-bond donors (Lipinski definition) is 4. The maximum Gasteiger partial charge on any atom is 0.258 e. The van der Waals surface area contributed by atoms with Crippen LogP contribution in [0.3, 0.4) is 0 Å². The Labute approximate surface area is 371 Å². The van der Waals surface area contributed by atoms with Crippen LogP contribution in [0.1, 0.15) is 34.6 Å². The highest BCUT2D eigenvalue weighted by Gasteiger charge is 2.25. The third kappa shape index (κ3) is 12.2. The molecule has 0 fully saturated rings. The Balaban J connectivity index is 1.21. The molecule has 0 bridgehead atoms. The molecule has 5 aromatic carbocycles. The second kappa shape index (κ2) is 20.5. The van der Waals surface area contributed by atoms with Gasteiger partial charge in [0.2, 0.25) is 12.1 Å². The van der Waals surface area contributed by atoms with Crippen molar-refractivity contribution in [1.29, 1.82) is 0 Å². The largest absolute Gasteiger partial charge is 0.324 e.